The molecule has 0 unspecified atom stereocenters. The molecule has 6 heteroatoms. The molecule has 1 heterocycles. The van der Waals surface area contributed by atoms with Crippen LogP contribution in [0.15, 0.2) is 0 Å². The lowest BCUT2D eigenvalue weighted by atomic mass is 9.95. The van der Waals surface area contributed by atoms with Gasteiger partial charge in [-0.25, -0.2) is 0 Å². The number of carbonyl (C=O) groups is 2. The van der Waals surface area contributed by atoms with E-state index in [1.54, 1.807) is 0 Å². The third kappa shape index (κ3) is 2.32. The second-order valence-electron chi connectivity index (χ2n) is 4.03. The van der Waals surface area contributed by atoms with E-state index >= 15 is 0 Å². The summed E-state index contributed by atoms with van der Waals surface area (Å²) in [7, 11) is 0. The molecule has 0 aliphatic heterocycles. The first-order chi connectivity index (χ1) is 8.13. The summed E-state index contributed by atoms with van der Waals surface area (Å²) in [6, 6.07) is 0. The van der Waals surface area contributed by atoms with Crippen molar-refractivity contribution in [3.8, 4) is 0 Å². The first-order valence-corrected chi connectivity index (χ1v) is 6.39. The molecule has 5 N–H and O–H groups in total. The quantitative estimate of drug-likeness (QED) is 0.736. The van der Waals surface area contributed by atoms with Gasteiger partial charge in [-0.2, -0.15) is 0 Å². The summed E-state index contributed by atoms with van der Waals surface area (Å²) in [6.45, 7) is -0.0965. The summed E-state index contributed by atoms with van der Waals surface area (Å²) in [5, 5.41) is 3.21. The molecule has 1 aromatic rings. The van der Waals surface area contributed by atoms with Crippen LogP contribution in [-0.4, -0.2) is 18.4 Å². The Hall–Kier alpha value is -1.40. The molecule has 2 amide bonds. The van der Waals surface area contributed by atoms with Gasteiger partial charge in [-0.1, -0.05) is 0 Å². The number of aryl methyl sites for hydroxylation is 1. The Morgan fingerprint density at radius 2 is 2.00 bits per heavy atom. The normalized spacial score (nSPS) is 14.2. The number of thiophene rings is 1. The van der Waals surface area contributed by atoms with Gasteiger partial charge in [-0.15, -0.1) is 11.3 Å². The van der Waals surface area contributed by atoms with Crippen LogP contribution in [0.3, 0.4) is 0 Å². The van der Waals surface area contributed by atoms with Crippen molar-refractivity contribution in [2.45, 2.75) is 25.7 Å². The van der Waals surface area contributed by atoms with Gasteiger partial charge in [0.05, 0.1) is 12.1 Å². The fourth-order valence-electron chi connectivity index (χ4n) is 2.09. The summed E-state index contributed by atoms with van der Waals surface area (Å²) in [4.78, 5) is 23.9. The topological polar surface area (TPSA) is 98.2 Å². The van der Waals surface area contributed by atoms with Crippen molar-refractivity contribution >= 4 is 28.2 Å². The van der Waals surface area contributed by atoms with Gasteiger partial charge in [0.15, 0.2) is 0 Å². The molecule has 2 rings (SSSR count). The minimum atomic E-state index is -0.475. The molecule has 0 spiro atoms. The molecular weight excluding hydrogens is 238 g/mol. The van der Waals surface area contributed by atoms with E-state index in [9.17, 15) is 9.59 Å². The molecule has 1 aliphatic carbocycles. The number of fused-ring (bicyclic) bond motifs is 1. The molecule has 17 heavy (non-hydrogen) atoms. The lowest BCUT2D eigenvalue weighted by Crippen LogP contribution is -2.23. The first-order valence-electron chi connectivity index (χ1n) is 5.57. The number of rotatable bonds is 3. The summed E-state index contributed by atoms with van der Waals surface area (Å²) < 4.78 is 0. The maximum absolute atomic E-state index is 11.5. The molecule has 92 valence electrons. The van der Waals surface area contributed by atoms with E-state index in [0.29, 0.717) is 10.6 Å². The lowest BCUT2D eigenvalue weighted by molar-refractivity contribution is -0.114. The molecule has 0 radical (unpaired) electrons. The lowest BCUT2D eigenvalue weighted by Gasteiger charge is -2.11. The zero-order valence-electron chi connectivity index (χ0n) is 9.41. The predicted octanol–water partition coefficient (Wildman–Crippen LogP) is 0.623. The third-order valence-electron chi connectivity index (χ3n) is 2.86. The number of anilines is 1. The number of carbonyl (C=O) groups excluding carboxylic acids is 2. The largest absolute Gasteiger partial charge is 0.365 e. The van der Waals surface area contributed by atoms with E-state index in [-0.39, 0.29) is 12.5 Å². The molecule has 0 saturated heterocycles. The van der Waals surface area contributed by atoms with Crippen LogP contribution in [0.1, 0.15) is 33.6 Å². The Balaban J connectivity index is 2.40. The van der Waals surface area contributed by atoms with Crippen molar-refractivity contribution < 1.29 is 9.59 Å². The van der Waals surface area contributed by atoms with Crippen molar-refractivity contribution in [2.75, 3.05) is 11.9 Å². The Kier molecular flexibility index (Phi) is 3.44. The predicted molar refractivity (Wildman–Crippen MR) is 67.2 cm³/mol. The van der Waals surface area contributed by atoms with Crippen LogP contribution in [0.2, 0.25) is 0 Å². The van der Waals surface area contributed by atoms with Gasteiger partial charge < -0.3 is 16.8 Å². The van der Waals surface area contributed by atoms with E-state index < -0.39 is 5.91 Å². The maximum atomic E-state index is 11.5. The highest BCUT2D eigenvalue weighted by molar-refractivity contribution is 7.17. The zero-order valence-corrected chi connectivity index (χ0v) is 10.2. The molecule has 5 nitrogen and oxygen atoms in total. The van der Waals surface area contributed by atoms with Crippen molar-refractivity contribution in [3.05, 3.63) is 16.0 Å². The highest BCUT2D eigenvalue weighted by atomic mass is 32.1. The number of nitrogens with one attached hydrogen (secondary N) is 1. The van der Waals surface area contributed by atoms with E-state index in [1.165, 1.54) is 11.3 Å². The smallest absolute Gasteiger partial charge is 0.251 e. The van der Waals surface area contributed by atoms with Crippen molar-refractivity contribution in [1.82, 2.24) is 0 Å². The highest BCUT2D eigenvalue weighted by Crippen LogP contribution is 2.37. The molecule has 1 aliphatic rings. The Morgan fingerprint density at radius 1 is 1.29 bits per heavy atom. The van der Waals surface area contributed by atoms with Crippen LogP contribution in [-0.2, 0) is 17.6 Å². The average molecular weight is 253 g/mol. The molecular formula is C11H15N3O2S. The van der Waals surface area contributed by atoms with Crippen LogP contribution < -0.4 is 16.8 Å². The second kappa shape index (κ2) is 4.85. The van der Waals surface area contributed by atoms with Crippen molar-refractivity contribution in [2.24, 2.45) is 11.5 Å². The molecule has 0 bridgehead atoms. The van der Waals surface area contributed by atoms with Gasteiger partial charge in [-0.05, 0) is 31.2 Å². The van der Waals surface area contributed by atoms with Gasteiger partial charge in [0, 0.05) is 4.88 Å². The van der Waals surface area contributed by atoms with Gasteiger partial charge in [0.2, 0.25) is 5.91 Å². The first kappa shape index (κ1) is 12.1. The van der Waals surface area contributed by atoms with Gasteiger partial charge >= 0.3 is 0 Å². The summed E-state index contributed by atoms with van der Waals surface area (Å²) >= 11 is 1.45. The average Bonchev–Trinajstić information content (AvgIpc) is 2.66. The van der Waals surface area contributed by atoms with Crippen LogP contribution in [0.5, 0.6) is 0 Å². The molecule has 0 saturated carbocycles. The van der Waals surface area contributed by atoms with Crippen LogP contribution >= 0.6 is 11.3 Å². The Bertz CT molecular complexity index is 468. The standard InChI is InChI=1S/C11H15N3O2S/c12-5-8(15)14-11-9(10(13)16)6-3-1-2-4-7(6)17-11/h1-5,12H2,(H2,13,16)(H,14,15). The fourth-order valence-corrected chi connectivity index (χ4v) is 3.40. The summed E-state index contributed by atoms with van der Waals surface area (Å²) in [5.41, 5.74) is 12.1. The van der Waals surface area contributed by atoms with Gasteiger partial charge in [-0.3, -0.25) is 9.59 Å². The maximum Gasteiger partial charge on any atom is 0.251 e. The minimum Gasteiger partial charge on any atom is -0.365 e. The van der Waals surface area contributed by atoms with Crippen molar-refractivity contribution in [1.29, 1.82) is 0 Å². The van der Waals surface area contributed by atoms with Gasteiger partial charge in [0.1, 0.15) is 5.00 Å². The monoisotopic (exact) mass is 253 g/mol. The summed E-state index contributed by atoms with van der Waals surface area (Å²) in [6.07, 6.45) is 4.01. The SMILES string of the molecule is NCC(=O)Nc1sc2c(c1C(N)=O)CCCC2. The number of primary amides is 1. The number of nitrogens with two attached hydrogens (primary N) is 2. The molecule has 0 aromatic carbocycles. The fraction of sp³-hybridized carbons (Fsp3) is 0.455. The van der Waals surface area contributed by atoms with E-state index in [2.05, 4.69) is 5.32 Å². The van der Waals surface area contributed by atoms with E-state index in [4.69, 9.17) is 11.5 Å². The molecule has 0 atom stereocenters. The van der Waals surface area contributed by atoms with Gasteiger partial charge in [0.25, 0.3) is 5.91 Å². The highest BCUT2D eigenvalue weighted by Gasteiger charge is 2.24. The van der Waals surface area contributed by atoms with Crippen LogP contribution in [0, 0.1) is 0 Å². The Labute approximate surface area is 103 Å². The number of hydrogen-bond acceptors (Lipinski definition) is 4. The molecule has 0 fully saturated rings. The number of amides is 2. The second-order valence-corrected chi connectivity index (χ2v) is 5.14. The van der Waals surface area contributed by atoms with Crippen LogP contribution in [0.4, 0.5) is 5.00 Å². The van der Waals surface area contributed by atoms with Crippen molar-refractivity contribution in [3.63, 3.8) is 0 Å². The third-order valence-corrected chi connectivity index (χ3v) is 4.06. The summed E-state index contributed by atoms with van der Waals surface area (Å²) in [5.74, 6) is -0.775. The number of hydrogen-bond donors (Lipinski definition) is 3. The Morgan fingerprint density at radius 3 is 2.65 bits per heavy atom. The van der Waals surface area contributed by atoms with Crippen LogP contribution in [0.25, 0.3) is 0 Å². The minimum absolute atomic E-state index is 0.0965. The van der Waals surface area contributed by atoms with E-state index in [1.807, 2.05) is 0 Å². The van der Waals surface area contributed by atoms with E-state index in [0.717, 1.165) is 36.1 Å². The molecule has 1 aromatic heterocycles. The zero-order chi connectivity index (χ0) is 12.4.